The van der Waals surface area contributed by atoms with E-state index < -0.39 is 18.9 Å². The molecule has 0 amide bonds. The molecule has 3 heterocycles. The molecule has 0 aromatic heterocycles. The maximum atomic E-state index is 9.27. The van der Waals surface area contributed by atoms with Crippen LogP contribution in [-0.4, -0.2) is 61.5 Å². The van der Waals surface area contributed by atoms with Gasteiger partial charge in [-0.05, 0) is 18.2 Å². The Balaban J connectivity index is 2.19. The molecule has 3 aliphatic heterocycles. The summed E-state index contributed by atoms with van der Waals surface area (Å²) in [5, 5.41) is 0. The fourth-order valence-corrected chi connectivity index (χ4v) is 2.73. The van der Waals surface area contributed by atoms with Gasteiger partial charge < -0.3 is 24.0 Å². The number of methoxy groups -OCH3 is 1. The molecular weight excluding hydrogens is 242 g/mol. The molecule has 1 unspecified atom stereocenters. The van der Waals surface area contributed by atoms with E-state index in [-0.39, 0.29) is 12.2 Å². The first-order valence-corrected chi connectivity index (χ1v) is 7.27. The molecule has 0 aliphatic carbocycles. The molecule has 3 aliphatic rings. The molecule has 0 aromatic carbocycles. The summed E-state index contributed by atoms with van der Waals surface area (Å²) < 4.78 is 16.5. The molecule has 5 nitrogen and oxygen atoms in total. The smallest absolute Gasteiger partial charge is 0.134 e. The van der Waals surface area contributed by atoms with Crippen LogP contribution in [0.25, 0.3) is 0 Å². The van der Waals surface area contributed by atoms with Gasteiger partial charge >= 0.3 is 0 Å². The molecule has 2 N–H and O–H groups in total. The molecule has 0 spiro atoms. The van der Waals surface area contributed by atoms with Gasteiger partial charge in [-0.3, -0.25) is 0 Å². The minimum atomic E-state index is -3.22. The summed E-state index contributed by atoms with van der Waals surface area (Å²) in [5.74, 6) is 1.27. The van der Waals surface area contributed by atoms with Gasteiger partial charge in [0.25, 0.3) is 0 Å². The van der Waals surface area contributed by atoms with Crippen LogP contribution in [0.4, 0.5) is 0 Å². The van der Waals surface area contributed by atoms with Crippen LogP contribution < -0.4 is 0 Å². The van der Waals surface area contributed by atoms with Gasteiger partial charge in [0.2, 0.25) is 0 Å². The van der Waals surface area contributed by atoms with Crippen LogP contribution in [0, 0.1) is 0 Å². The molecule has 7 heteroatoms. The molecule has 2 radical (unpaired) electrons. The second-order valence-corrected chi connectivity index (χ2v) is 6.37. The Morgan fingerprint density at radius 1 is 1.59 bits per heavy atom. The Kier molecular flexibility index (Phi) is 3.56. The third-order valence-electron chi connectivity index (χ3n) is 3.05. The van der Waals surface area contributed by atoms with E-state index in [4.69, 9.17) is 22.1 Å². The summed E-state index contributed by atoms with van der Waals surface area (Å²) in [6.07, 6.45) is 5.02. The molecule has 4 atom stereocenters. The lowest BCUT2D eigenvalue weighted by molar-refractivity contribution is -0.267. The monoisotopic (exact) mass is 258 g/mol. The topological polar surface area (TPSA) is 68.2 Å². The number of rotatable bonds is 3. The highest BCUT2D eigenvalue weighted by Gasteiger charge is 2.50. The predicted octanol–water partition coefficient (Wildman–Crippen LogP) is -0.168. The minimum absolute atomic E-state index is 0.146. The molecule has 94 valence electrons. The van der Waals surface area contributed by atoms with Gasteiger partial charge in [-0.25, -0.2) is 0 Å². The van der Waals surface area contributed by atoms with E-state index in [0.29, 0.717) is 13.0 Å². The van der Waals surface area contributed by atoms with E-state index in [1.54, 1.807) is 13.2 Å². The van der Waals surface area contributed by atoms with Gasteiger partial charge in [0, 0.05) is 19.5 Å². The summed E-state index contributed by atoms with van der Waals surface area (Å²) in [5.41, 5.74) is -0.747. The molecule has 0 aromatic rings. The third-order valence-corrected chi connectivity index (χ3v) is 3.67. The Morgan fingerprint density at radius 3 is 2.82 bits per heavy atom. The van der Waals surface area contributed by atoms with E-state index in [2.05, 4.69) is 6.30 Å². The lowest BCUT2D eigenvalue weighted by Crippen LogP contribution is -2.63. The van der Waals surface area contributed by atoms with Crippen LogP contribution in [0.15, 0.2) is 11.9 Å². The van der Waals surface area contributed by atoms with Gasteiger partial charge in [-0.1, -0.05) is 0 Å². The first-order valence-electron chi connectivity index (χ1n) is 5.32. The average molecular weight is 258 g/mol. The van der Waals surface area contributed by atoms with Crippen molar-refractivity contribution in [3.8, 4) is 0 Å². The van der Waals surface area contributed by atoms with Gasteiger partial charge in [0.15, 0.2) is 0 Å². The van der Waals surface area contributed by atoms with E-state index >= 15 is 0 Å². The maximum absolute atomic E-state index is 9.27. The Hall–Kier alpha value is -0.0951. The van der Waals surface area contributed by atoms with Crippen LogP contribution in [-0.2, 0) is 14.2 Å². The number of hydrogen-bond acceptors (Lipinski definition) is 5. The van der Waals surface area contributed by atoms with Crippen LogP contribution in [0.1, 0.15) is 6.42 Å². The number of hydrogen-bond donors (Lipinski definition) is 2. The molecule has 0 saturated carbocycles. The van der Waals surface area contributed by atoms with Crippen LogP contribution in [0.2, 0.25) is 0 Å². The molecule has 2 bridgehead atoms. The fraction of sp³-hybridized carbons (Fsp3) is 0.700. The van der Waals surface area contributed by atoms with Crippen molar-refractivity contribution in [2.24, 2.45) is 0 Å². The third kappa shape index (κ3) is 2.84. The predicted molar refractivity (Wildman–Crippen MR) is 66.1 cm³/mol. The molecule has 3 saturated heterocycles. The fourth-order valence-electron chi connectivity index (χ4n) is 2.21. The summed E-state index contributed by atoms with van der Waals surface area (Å²) in [7, 11) is 4.19. The summed E-state index contributed by atoms with van der Waals surface area (Å²) in [6.45, 7) is 0.335. The largest absolute Gasteiger partial charge is 0.379 e. The summed E-state index contributed by atoms with van der Waals surface area (Å²) in [4.78, 5) is 18.5. The van der Waals surface area contributed by atoms with Crippen molar-refractivity contribution in [3.05, 3.63) is 11.9 Å². The minimum Gasteiger partial charge on any atom is -0.379 e. The lowest BCUT2D eigenvalue weighted by atomic mass is 9.78. The van der Waals surface area contributed by atoms with Crippen LogP contribution in [0.3, 0.4) is 0 Å². The van der Waals surface area contributed by atoms with Crippen LogP contribution in [0.5, 0.6) is 0 Å². The summed E-state index contributed by atoms with van der Waals surface area (Å²) >= 11 is 0. The SMILES string of the molecule is [B]C1O[C@@]2(/C=C/P(=C)(O)O)CO[C@@H]1[C@H](OC)C2. The maximum Gasteiger partial charge on any atom is 0.134 e. The number of ether oxygens (including phenoxy) is 3. The molecule has 17 heavy (non-hydrogen) atoms. The zero-order chi connectivity index (χ0) is 12.7. The van der Waals surface area contributed by atoms with Gasteiger partial charge in [-0.15, -0.1) is 0 Å². The molecule has 3 rings (SSSR count). The highest BCUT2D eigenvalue weighted by Crippen LogP contribution is 2.42. The van der Waals surface area contributed by atoms with Gasteiger partial charge in [-0.2, -0.15) is 0 Å². The van der Waals surface area contributed by atoms with Crippen LogP contribution >= 0.6 is 7.34 Å². The highest BCUT2D eigenvalue weighted by atomic mass is 31.2. The zero-order valence-electron chi connectivity index (χ0n) is 9.65. The van der Waals surface area contributed by atoms with Crippen molar-refractivity contribution in [3.63, 3.8) is 0 Å². The Labute approximate surface area is 102 Å². The zero-order valence-corrected chi connectivity index (χ0v) is 10.5. The van der Waals surface area contributed by atoms with E-state index in [9.17, 15) is 9.79 Å². The second-order valence-electron chi connectivity index (χ2n) is 4.50. The second kappa shape index (κ2) is 4.54. The lowest BCUT2D eigenvalue weighted by Gasteiger charge is -2.52. The Bertz CT molecular complexity index is 368. The van der Waals surface area contributed by atoms with Crippen molar-refractivity contribution >= 4 is 21.5 Å². The molecule has 3 fully saturated rings. The van der Waals surface area contributed by atoms with E-state index in [1.807, 2.05) is 0 Å². The van der Waals surface area contributed by atoms with Crippen molar-refractivity contribution in [2.45, 2.75) is 30.2 Å². The quantitative estimate of drug-likeness (QED) is 0.543. The number of fused-ring (bicyclic) bond motifs is 3. The van der Waals surface area contributed by atoms with Crippen molar-refractivity contribution < 1.29 is 24.0 Å². The summed E-state index contributed by atoms with van der Waals surface area (Å²) in [6, 6.07) is -0.568. The van der Waals surface area contributed by atoms with E-state index in [0.717, 1.165) is 0 Å². The normalized spacial score (nSPS) is 42.2. The molecular formula is C10H16BO5P. The highest BCUT2D eigenvalue weighted by molar-refractivity contribution is 7.65. The standard InChI is InChI=1S/C10H16BO5P/c1-14-7-5-10(3-4-17(2,12)13)6-15-8(7)9(11)16-10/h3-4,7-9,12-13H,2,5-6H2,1H3/b4-3+/t7-,8-,9?,10-/m1/s1. The van der Waals surface area contributed by atoms with E-state index in [1.165, 1.54) is 5.82 Å². The Morgan fingerprint density at radius 2 is 2.29 bits per heavy atom. The van der Waals surface area contributed by atoms with Gasteiger partial charge in [0.1, 0.15) is 26.9 Å². The van der Waals surface area contributed by atoms with Crippen molar-refractivity contribution in [2.75, 3.05) is 13.7 Å². The average Bonchev–Trinajstić information content (AvgIpc) is 2.26. The van der Waals surface area contributed by atoms with Crippen molar-refractivity contribution in [1.29, 1.82) is 0 Å². The first-order chi connectivity index (χ1) is 7.85. The van der Waals surface area contributed by atoms with Crippen molar-refractivity contribution in [1.82, 2.24) is 0 Å². The van der Waals surface area contributed by atoms with Gasteiger partial charge in [0.05, 0.1) is 12.7 Å². The first kappa shape index (κ1) is 13.3.